The number of halogens is 2. The molecule has 0 bridgehead atoms. The fourth-order valence-corrected chi connectivity index (χ4v) is 1.36. The molecule has 1 aromatic carbocycles. The molecule has 1 nitrogen and oxygen atoms in total. The van der Waals surface area contributed by atoms with E-state index in [2.05, 4.69) is 0 Å². The summed E-state index contributed by atoms with van der Waals surface area (Å²) in [6.45, 7) is 0. The summed E-state index contributed by atoms with van der Waals surface area (Å²) >= 11 is 0. The van der Waals surface area contributed by atoms with Crippen LogP contribution in [-0.2, 0) is 10.7 Å². The van der Waals surface area contributed by atoms with Crippen molar-refractivity contribution in [3.63, 3.8) is 0 Å². The first kappa shape index (κ1) is 9.32. The normalized spacial score (nSPS) is 13.3. The molecule has 1 aromatic rings. The van der Waals surface area contributed by atoms with Crippen LogP contribution in [0, 0.1) is 4.78 Å². The summed E-state index contributed by atoms with van der Waals surface area (Å²) < 4.78 is 31.4. The molecule has 0 heterocycles. The topological polar surface area (TPSA) is 23.9 Å². The minimum Gasteiger partial charge on any atom is -0.276 e. The molecule has 0 aliphatic heterocycles. The van der Waals surface area contributed by atoms with Crippen LogP contribution < -0.4 is 0 Å². The van der Waals surface area contributed by atoms with Gasteiger partial charge in [0.2, 0.25) is 0 Å². The molecule has 66 valence electrons. The Morgan fingerprint density at radius 1 is 1.25 bits per heavy atom. The first-order chi connectivity index (χ1) is 5.61. The summed E-state index contributed by atoms with van der Waals surface area (Å²) in [6.07, 6.45) is -0.680. The highest BCUT2D eigenvalue weighted by Crippen LogP contribution is 2.19. The average Bonchev–Trinajstić information content (AvgIpc) is 2.04. The second-order valence-electron chi connectivity index (χ2n) is 2.38. The number of alkyl halides is 2. The van der Waals surface area contributed by atoms with Crippen molar-refractivity contribution in [1.82, 2.24) is 0 Å². The Morgan fingerprint density at radius 3 is 2.08 bits per heavy atom. The molecule has 1 N–H and O–H groups in total. The molecule has 0 radical (unpaired) electrons. The van der Waals surface area contributed by atoms with Gasteiger partial charge in [0.25, 0.3) is 6.43 Å². The van der Waals surface area contributed by atoms with Crippen molar-refractivity contribution in [2.24, 2.45) is 0 Å². The van der Waals surface area contributed by atoms with Crippen LogP contribution in [0.25, 0.3) is 0 Å². The van der Waals surface area contributed by atoms with E-state index >= 15 is 0 Å². The third-order valence-corrected chi connectivity index (χ3v) is 2.46. The van der Waals surface area contributed by atoms with Crippen LogP contribution in [0.1, 0.15) is 12.0 Å². The van der Waals surface area contributed by atoms with Gasteiger partial charge in [-0.15, -0.1) is 0 Å². The molecular weight excluding hydrogens is 180 g/mol. The van der Waals surface area contributed by atoms with Crippen molar-refractivity contribution in [3.05, 3.63) is 29.8 Å². The lowest BCUT2D eigenvalue weighted by Gasteiger charge is -2.01. The molecule has 0 amide bonds. The minimum atomic E-state index is -2.41. The maximum atomic E-state index is 12.1. The number of nitrogens with one attached hydrogen (secondary N) is 1. The molecule has 4 heteroatoms. The highest BCUT2D eigenvalue weighted by atomic mass is 32.2. The van der Waals surface area contributed by atoms with Gasteiger partial charge in [-0.25, -0.2) is 8.78 Å². The third kappa shape index (κ3) is 2.11. The van der Waals surface area contributed by atoms with Gasteiger partial charge in [0, 0.05) is 10.5 Å². The van der Waals surface area contributed by atoms with E-state index in [1.54, 1.807) is 18.4 Å². The standard InChI is InChI=1S/C8H9F2NS/c1-12(11)7-4-2-6(3-5-7)8(9)10/h2-5,8,11H,1H3. The smallest absolute Gasteiger partial charge is 0.263 e. The molecular formula is C8H9F2NS. The van der Waals surface area contributed by atoms with Gasteiger partial charge >= 0.3 is 0 Å². The van der Waals surface area contributed by atoms with Gasteiger partial charge in [-0.3, -0.25) is 4.78 Å². The molecule has 1 rings (SSSR count). The zero-order valence-electron chi connectivity index (χ0n) is 6.55. The predicted molar refractivity (Wildman–Crippen MR) is 45.7 cm³/mol. The average molecular weight is 189 g/mol. The van der Waals surface area contributed by atoms with Crippen molar-refractivity contribution in [1.29, 1.82) is 4.78 Å². The number of rotatable bonds is 2. The zero-order chi connectivity index (χ0) is 9.14. The number of hydrogen-bond acceptors (Lipinski definition) is 1. The van der Waals surface area contributed by atoms with Crippen molar-refractivity contribution in [3.8, 4) is 0 Å². The first-order valence-electron chi connectivity index (χ1n) is 3.36. The van der Waals surface area contributed by atoms with Gasteiger partial charge in [0.05, 0.1) is 0 Å². The summed E-state index contributed by atoms with van der Waals surface area (Å²) in [5.74, 6) is 0. The minimum absolute atomic E-state index is 0.0178. The van der Waals surface area contributed by atoms with Crippen molar-refractivity contribution in [2.75, 3.05) is 6.26 Å². The maximum Gasteiger partial charge on any atom is 0.263 e. The second kappa shape index (κ2) is 3.76. The lowest BCUT2D eigenvalue weighted by molar-refractivity contribution is 0.151. The largest absolute Gasteiger partial charge is 0.276 e. The highest BCUT2D eigenvalue weighted by molar-refractivity contribution is 7.85. The zero-order valence-corrected chi connectivity index (χ0v) is 7.37. The fraction of sp³-hybridized carbons (Fsp3) is 0.250. The summed E-state index contributed by atoms with van der Waals surface area (Å²) in [5, 5.41) is 0. The van der Waals surface area contributed by atoms with E-state index in [1.165, 1.54) is 12.1 Å². The molecule has 1 unspecified atom stereocenters. The molecule has 0 spiro atoms. The van der Waals surface area contributed by atoms with Gasteiger partial charge in [0.15, 0.2) is 0 Å². The second-order valence-corrected chi connectivity index (χ2v) is 3.87. The summed E-state index contributed by atoms with van der Waals surface area (Å²) in [6, 6.07) is 5.91. The Kier molecular flexibility index (Phi) is 2.92. The van der Waals surface area contributed by atoms with Crippen LogP contribution in [-0.4, -0.2) is 6.26 Å². The van der Waals surface area contributed by atoms with E-state index in [0.29, 0.717) is 0 Å². The molecule has 0 fully saturated rings. The van der Waals surface area contributed by atoms with Crippen LogP contribution in [0.2, 0.25) is 0 Å². The quantitative estimate of drug-likeness (QED) is 0.739. The Morgan fingerprint density at radius 2 is 1.75 bits per heavy atom. The van der Waals surface area contributed by atoms with Crippen LogP contribution in [0.3, 0.4) is 0 Å². The van der Waals surface area contributed by atoms with Gasteiger partial charge in [-0.05, 0) is 18.4 Å². The highest BCUT2D eigenvalue weighted by Gasteiger charge is 2.05. The predicted octanol–water partition coefficient (Wildman–Crippen LogP) is 2.99. The van der Waals surface area contributed by atoms with E-state index in [1.807, 2.05) is 0 Å². The number of benzene rings is 1. The van der Waals surface area contributed by atoms with E-state index in [-0.39, 0.29) is 5.56 Å². The molecule has 0 saturated heterocycles. The Labute approximate surface area is 72.3 Å². The molecule has 0 aliphatic carbocycles. The Balaban J connectivity index is 2.93. The SMILES string of the molecule is CS(=N)c1ccc(C(F)F)cc1. The van der Waals surface area contributed by atoms with E-state index in [4.69, 9.17) is 4.78 Å². The van der Waals surface area contributed by atoms with Crippen LogP contribution in [0.4, 0.5) is 8.78 Å². The van der Waals surface area contributed by atoms with E-state index in [0.717, 1.165) is 4.90 Å². The maximum absolute atomic E-state index is 12.1. The van der Waals surface area contributed by atoms with E-state index in [9.17, 15) is 8.78 Å². The van der Waals surface area contributed by atoms with Gasteiger partial charge in [-0.2, -0.15) is 0 Å². The molecule has 0 aliphatic rings. The van der Waals surface area contributed by atoms with E-state index < -0.39 is 17.1 Å². The third-order valence-electron chi connectivity index (χ3n) is 1.49. The summed E-state index contributed by atoms with van der Waals surface area (Å²) in [5.41, 5.74) is 0.0178. The van der Waals surface area contributed by atoms with Crippen molar-refractivity contribution >= 4 is 10.7 Å². The van der Waals surface area contributed by atoms with Gasteiger partial charge in [-0.1, -0.05) is 22.8 Å². The lowest BCUT2D eigenvalue weighted by atomic mass is 10.2. The lowest BCUT2D eigenvalue weighted by Crippen LogP contribution is -1.87. The summed E-state index contributed by atoms with van der Waals surface area (Å²) in [4.78, 5) is 0.791. The first-order valence-corrected chi connectivity index (χ1v) is 5.00. The molecule has 0 aromatic heterocycles. The van der Waals surface area contributed by atoms with Crippen LogP contribution in [0.15, 0.2) is 29.2 Å². The van der Waals surface area contributed by atoms with Crippen LogP contribution >= 0.6 is 0 Å². The molecule has 1 atom stereocenters. The Bertz CT molecular complexity index is 282. The molecule has 0 saturated carbocycles. The van der Waals surface area contributed by atoms with Crippen molar-refractivity contribution in [2.45, 2.75) is 11.3 Å². The van der Waals surface area contributed by atoms with Gasteiger partial charge < -0.3 is 0 Å². The van der Waals surface area contributed by atoms with Crippen molar-refractivity contribution < 1.29 is 8.78 Å². The van der Waals surface area contributed by atoms with Crippen LogP contribution in [0.5, 0.6) is 0 Å². The Hall–Kier alpha value is -0.770. The molecule has 12 heavy (non-hydrogen) atoms. The summed E-state index contributed by atoms with van der Waals surface area (Å²) in [7, 11) is -0.595. The monoisotopic (exact) mass is 189 g/mol. The number of hydrogen-bond donors (Lipinski definition) is 1. The van der Waals surface area contributed by atoms with Gasteiger partial charge in [0.1, 0.15) is 0 Å². The fourth-order valence-electron chi connectivity index (χ4n) is 0.817.